The van der Waals surface area contributed by atoms with Crippen molar-refractivity contribution in [2.45, 2.75) is 0 Å². The second-order valence-electron chi connectivity index (χ2n) is 12.5. The Hall–Kier alpha value is -5.96. The molecule has 0 saturated carbocycles. The zero-order valence-corrected chi connectivity index (χ0v) is 31.5. The van der Waals surface area contributed by atoms with Gasteiger partial charge in [0.1, 0.15) is 11.5 Å². The Labute approximate surface area is 335 Å². The van der Waals surface area contributed by atoms with Gasteiger partial charge >= 0.3 is 0 Å². The Balaban J connectivity index is 0.952. The van der Waals surface area contributed by atoms with Gasteiger partial charge in [0.05, 0.1) is 53.6 Å². The number of nitrogens with one attached hydrogen (secondary N) is 2. The molecule has 8 rings (SSSR count). The van der Waals surface area contributed by atoms with E-state index in [1.165, 1.54) is 0 Å². The summed E-state index contributed by atoms with van der Waals surface area (Å²) in [6.45, 7) is 0. The monoisotopic (exact) mass is 798 g/mol. The first-order chi connectivity index (χ1) is 26.7. The Bertz CT molecular complexity index is 2590. The van der Waals surface area contributed by atoms with Crippen LogP contribution in [0.1, 0.15) is 20.7 Å². The molecular weight excluding hydrogens is 774 g/mol. The number of benzene rings is 6. The molecule has 0 saturated heterocycles. The van der Waals surface area contributed by atoms with Crippen LogP contribution in [0, 0.1) is 0 Å². The van der Waals surface area contributed by atoms with E-state index in [1.807, 2.05) is 60.7 Å². The lowest BCUT2D eigenvalue weighted by Crippen LogP contribution is -2.13. The second kappa shape index (κ2) is 15.4. The normalized spacial score (nSPS) is 11.1. The summed E-state index contributed by atoms with van der Waals surface area (Å²) in [7, 11) is 0. The van der Waals surface area contributed by atoms with E-state index in [1.54, 1.807) is 84.9 Å². The van der Waals surface area contributed by atoms with E-state index in [-0.39, 0.29) is 11.8 Å². The van der Waals surface area contributed by atoms with Crippen molar-refractivity contribution in [3.05, 3.63) is 177 Å². The summed E-state index contributed by atoms with van der Waals surface area (Å²) >= 11 is 24.8. The number of para-hydroxylation sites is 2. The van der Waals surface area contributed by atoms with E-state index < -0.39 is 0 Å². The molecule has 8 aromatic rings. The van der Waals surface area contributed by atoms with Gasteiger partial charge in [0.15, 0.2) is 0 Å². The molecule has 7 nitrogen and oxygen atoms in total. The van der Waals surface area contributed by atoms with Gasteiger partial charge in [-0.2, -0.15) is 0 Å². The van der Waals surface area contributed by atoms with Crippen LogP contribution < -0.4 is 15.4 Å². The van der Waals surface area contributed by atoms with Crippen LogP contribution in [0.15, 0.2) is 146 Å². The van der Waals surface area contributed by atoms with Gasteiger partial charge in [-0.25, -0.2) is 9.97 Å². The van der Waals surface area contributed by atoms with Gasteiger partial charge in [-0.05, 0) is 97.1 Å². The lowest BCUT2D eigenvalue weighted by atomic mass is 10.0. The molecule has 2 aromatic heterocycles. The first kappa shape index (κ1) is 36.0. The molecule has 2 N–H and O–H groups in total. The number of pyridine rings is 2. The molecule has 2 amide bonds. The summed E-state index contributed by atoms with van der Waals surface area (Å²) in [6.07, 6.45) is 0. The van der Waals surface area contributed by atoms with E-state index in [9.17, 15) is 9.59 Å². The van der Waals surface area contributed by atoms with E-state index >= 15 is 0 Å². The van der Waals surface area contributed by atoms with Crippen LogP contribution >= 0.6 is 46.4 Å². The van der Waals surface area contributed by atoms with E-state index in [0.717, 1.165) is 11.1 Å². The minimum atomic E-state index is -0.295. The molecule has 0 spiro atoms. The fourth-order valence-electron chi connectivity index (χ4n) is 6.08. The molecule has 0 fully saturated rings. The number of halogens is 4. The van der Waals surface area contributed by atoms with Crippen LogP contribution in [0.2, 0.25) is 20.1 Å². The molecule has 2 heterocycles. The van der Waals surface area contributed by atoms with E-state index in [0.29, 0.717) is 87.3 Å². The highest BCUT2D eigenvalue weighted by atomic mass is 35.5. The molecular formula is C44H26Cl4N4O3. The third kappa shape index (κ3) is 7.83. The second-order valence-corrected chi connectivity index (χ2v) is 14.1. The number of carbonyl (C=O) groups excluding carboxylic acids is 2. The zero-order chi connectivity index (χ0) is 38.1. The quantitative estimate of drug-likeness (QED) is 0.160. The summed E-state index contributed by atoms with van der Waals surface area (Å²) in [5, 5.41) is 9.06. The van der Waals surface area contributed by atoms with Crippen molar-refractivity contribution in [1.82, 2.24) is 9.97 Å². The summed E-state index contributed by atoms with van der Waals surface area (Å²) in [6, 6.07) is 43.0. The van der Waals surface area contributed by atoms with Crippen LogP contribution in [-0.4, -0.2) is 21.8 Å². The van der Waals surface area contributed by atoms with Crippen LogP contribution in [0.4, 0.5) is 11.4 Å². The maximum absolute atomic E-state index is 13.6. The van der Waals surface area contributed by atoms with Crippen molar-refractivity contribution < 1.29 is 14.3 Å². The average molecular weight is 801 g/mol. The molecule has 0 unspecified atom stereocenters. The number of nitrogens with zero attached hydrogens (tertiary/aromatic N) is 2. The molecule has 11 heteroatoms. The number of hydrogen-bond acceptors (Lipinski definition) is 5. The molecule has 0 aliphatic carbocycles. The van der Waals surface area contributed by atoms with Crippen molar-refractivity contribution in [1.29, 1.82) is 0 Å². The van der Waals surface area contributed by atoms with Gasteiger partial charge in [0.2, 0.25) is 0 Å². The number of amides is 2. The number of rotatable bonds is 8. The standard InChI is InChI=1S/C44H26Cl4N4O3/c45-35-19-9-25(21-37(35)47)41-23-33(31-5-1-3-7-39(31)51-41)43(53)49-27-11-15-29(16-12-27)55-30-17-13-28(14-18-30)50-44(54)34-24-42(26-10-20-36(46)38(48)22-26)52-40-8-4-2-6-32(34)40/h1-24H,(H,49,53)(H,50,54). The van der Waals surface area contributed by atoms with Crippen LogP contribution in [0.3, 0.4) is 0 Å². The van der Waals surface area contributed by atoms with Crippen molar-refractivity contribution in [3.8, 4) is 34.0 Å². The van der Waals surface area contributed by atoms with E-state index in [4.69, 9.17) is 61.1 Å². The third-order valence-electron chi connectivity index (χ3n) is 8.81. The topological polar surface area (TPSA) is 93.2 Å². The molecule has 0 aliphatic heterocycles. The minimum Gasteiger partial charge on any atom is -0.457 e. The van der Waals surface area contributed by atoms with Crippen molar-refractivity contribution in [2.24, 2.45) is 0 Å². The maximum Gasteiger partial charge on any atom is 0.256 e. The fourth-order valence-corrected chi connectivity index (χ4v) is 6.67. The molecule has 6 aromatic carbocycles. The predicted molar refractivity (Wildman–Crippen MR) is 223 cm³/mol. The molecule has 268 valence electrons. The lowest BCUT2D eigenvalue weighted by Gasteiger charge is -2.12. The number of hydrogen-bond donors (Lipinski definition) is 2. The van der Waals surface area contributed by atoms with Gasteiger partial charge < -0.3 is 15.4 Å². The number of ether oxygens (including phenoxy) is 1. The SMILES string of the molecule is O=C(Nc1ccc(Oc2ccc(NC(=O)c3cc(-c4ccc(Cl)c(Cl)c4)nc4ccccc34)cc2)cc1)c1cc(-c2ccc(Cl)c(Cl)c2)nc2ccccc12. The van der Waals surface area contributed by atoms with Gasteiger partial charge in [0, 0.05) is 33.3 Å². The van der Waals surface area contributed by atoms with Crippen molar-refractivity contribution in [3.63, 3.8) is 0 Å². The number of fused-ring (bicyclic) bond motifs is 2. The Morgan fingerprint density at radius 1 is 0.455 bits per heavy atom. The summed E-state index contributed by atoms with van der Waals surface area (Å²) in [4.78, 5) is 36.7. The maximum atomic E-state index is 13.6. The van der Waals surface area contributed by atoms with Crippen molar-refractivity contribution in [2.75, 3.05) is 10.6 Å². The molecule has 0 aliphatic rings. The molecule has 0 atom stereocenters. The summed E-state index contributed by atoms with van der Waals surface area (Å²) in [5.74, 6) is 0.529. The Morgan fingerprint density at radius 3 is 1.25 bits per heavy atom. The highest BCUT2D eigenvalue weighted by Crippen LogP contribution is 2.33. The largest absolute Gasteiger partial charge is 0.457 e. The Kier molecular flexibility index (Phi) is 10.1. The fraction of sp³-hybridized carbons (Fsp3) is 0. The Morgan fingerprint density at radius 2 is 0.855 bits per heavy atom. The molecule has 0 radical (unpaired) electrons. The number of anilines is 2. The lowest BCUT2D eigenvalue weighted by molar-refractivity contribution is 0.102. The smallest absolute Gasteiger partial charge is 0.256 e. The van der Waals surface area contributed by atoms with Crippen LogP contribution in [-0.2, 0) is 0 Å². The van der Waals surface area contributed by atoms with E-state index in [2.05, 4.69) is 10.6 Å². The summed E-state index contributed by atoms with van der Waals surface area (Å²) in [5.41, 5.74) is 6.10. The van der Waals surface area contributed by atoms with Crippen molar-refractivity contribution >= 4 is 91.4 Å². The van der Waals surface area contributed by atoms with Crippen LogP contribution in [0.25, 0.3) is 44.3 Å². The molecule has 55 heavy (non-hydrogen) atoms. The van der Waals surface area contributed by atoms with Gasteiger partial charge in [-0.3, -0.25) is 9.59 Å². The van der Waals surface area contributed by atoms with Crippen LogP contribution in [0.5, 0.6) is 11.5 Å². The first-order valence-corrected chi connectivity index (χ1v) is 18.4. The van der Waals surface area contributed by atoms with Gasteiger partial charge in [0.25, 0.3) is 11.8 Å². The zero-order valence-electron chi connectivity index (χ0n) is 28.5. The highest BCUT2D eigenvalue weighted by molar-refractivity contribution is 6.42. The number of carbonyl (C=O) groups is 2. The van der Waals surface area contributed by atoms with Gasteiger partial charge in [-0.1, -0.05) is 94.9 Å². The molecule has 0 bridgehead atoms. The highest BCUT2D eigenvalue weighted by Gasteiger charge is 2.17. The predicted octanol–water partition coefficient (Wildman–Crippen LogP) is 13.0. The average Bonchev–Trinajstić information content (AvgIpc) is 3.20. The van der Waals surface area contributed by atoms with Gasteiger partial charge in [-0.15, -0.1) is 0 Å². The first-order valence-electron chi connectivity index (χ1n) is 16.9. The third-order valence-corrected chi connectivity index (χ3v) is 10.3. The minimum absolute atomic E-state index is 0.295. The summed E-state index contributed by atoms with van der Waals surface area (Å²) < 4.78 is 6.07. The number of aromatic nitrogens is 2.